The maximum atomic E-state index is 12.3. The highest BCUT2D eigenvalue weighted by molar-refractivity contribution is 6.65. The third-order valence-electron chi connectivity index (χ3n) is 6.04. The van der Waals surface area contributed by atoms with E-state index in [2.05, 4.69) is 56.9 Å². The molecule has 3 nitrogen and oxygen atoms in total. The first-order valence-electron chi connectivity index (χ1n) is 10.8. The van der Waals surface area contributed by atoms with Gasteiger partial charge in [-0.1, -0.05) is 48.5 Å². The number of halogens is 1. The topological polar surface area (TPSA) is 40.5 Å². The van der Waals surface area contributed by atoms with Crippen LogP contribution in [0.3, 0.4) is 0 Å². The van der Waals surface area contributed by atoms with Gasteiger partial charge in [0.05, 0.1) is 12.0 Å². The Morgan fingerprint density at radius 1 is 1.03 bits per heavy atom. The van der Waals surface area contributed by atoms with Gasteiger partial charge in [0.2, 0.25) is 5.24 Å². The lowest BCUT2D eigenvalue weighted by atomic mass is 9.76. The van der Waals surface area contributed by atoms with Crippen molar-refractivity contribution < 1.29 is 9.90 Å². The van der Waals surface area contributed by atoms with Crippen LogP contribution in [0, 0.1) is 0 Å². The van der Waals surface area contributed by atoms with Crippen LogP contribution in [0.4, 0.5) is 0 Å². The molecule has 4 heteroatoms. The molecule has 0 heterocycles. The number of benzene rings is 2. The van der Waals surface area contributed by atoms with Crippen molar-refractivity contribution in [1.29, 1.82) is 0 Å². The number of nitrogens with zero attached hydrogens (tertiary/aromatic N) is 1. The van der Waals surface area contributed by atoms with Gasteiger partial charge in [-0.15, -0.1) is 0 Å². The molecule has 0 saturated heterocycles. The van der Waals surface area contributed by atoms with Gasteiger partial charge < -0.3 is 5.11 Å². The summed E-state index contributed by atoms with van der Waals surface area (Å²) in [7, 11) is 0. The largest absolute Gasteiger partial charge is 0.392 e. The lowest BCUT2D eigenvalue weighted by Gasteiger charge is -2.34. The quantitative estimate of drug-likeness (QED) is 0.480. The van der Waals surface area contributed by atoms with Crippen molar-refractivity contribution in [1.82, 2.24) is 4.90 Å². The number of rotatable bonds is 10. The van der Waals surface area contributed by atoms with E-state index in [-0.39, 0.29) is 17.8 Å². The minimum absolute atomic E-state index is 0.0336. The molecular weight excluding hydrogens is 394 g/mol. The maximum absolute atomic E-state index is 12.3. The third-order valence-corrected chi connectivity index (χ3v) is 6.52. The van der Waals surface area contributed by atoms with Crippen LogP contribution in [0.15, 0.2) is 48.5 Å². The zero-order valence-electron chi connectivity index (χ0n) is 19.2. The molecule has 2 aromatic carbocycles. The molecule has 2 aromatic rings. The minimum atomic E-state index is -0.812. The molecule has 0 amide bonds. The van der Waals surface area contributed by atoms with Crippen molar-refractivity contribution in [2.24, 2.45) is 0 Å². The van der Waals surface area contributed by atoms with Crippen LogP contribution in [0.5, 0.6) is 0 Å². The maximum Gasteiger partial charge on any atom is 0.231 e. The van der Waals surface area contributed by atoms with E-state index in [4.69, 9.17) is 11.6 Å². The number of aliphatic hydroxyl groups excluding tert-OH is 1. The van der Waals surface area contributed by atoms with Gasteiger partial charge in [-0.05, 0) is 88.4 Å². The Hall–Kier alpha value is -1.68. The third kappa shape index (κ3) is 5.72. The Morgan fingerprint density at radius 2 is 1.63 bits per heavy atom. The van der Waals surface area contributed by atoms with Gasteiger partial charge in [-0.25, -0.2) is 0 Å². The SMILES string of the molecule is CC(C)N(CC[C@H](c1ccccc1)c1cc(CO)ccc1C(C)(C)C(=O)Cl)C(C)C. The lowest BCUT2D eigenvalue weighted by Crippen LogP contribution is -2.38. The predicted molar refractivity (Wildman–Crippen MR) is 126 cm³/mol. The summed E-state index contributed by atoms with van der Waals surface area (Å²) in [6.07, 6.45) is 0.912. The van der Waals surface area contributed by atoms with Gasteiger partial charge >= 0.3 is 0 Å². The highest BCUT2D eigenvalue weighted by Crippen LogP contribution is 2.38. The Kier molecular flexibility index (Phi) is 8.66. The number of carbonyl (C=O) groups is 1. The van der Waals surface area contributed by atoms with Gasteiger partial charge in [0.15, 0.2) is 0 Å². The molecule has 0 radical (unpaired) electrons. The summed E-state index contributed by atoms with van der Waals surface area (Å²) in [6.45, 7) is 13.6. The average Bonchev–Trinajstić information content (AvgIpc) is 2.70. The van der Waals surface area contributed by atoms with Gasteiger partial charge in [-0.2, -0.15) is 0 Å². The highest BCUT2D eigenvalue weighted by Gasteiger charge is 2.33. The average molecular weight is 430 g/mol. The smallest absolute Gasteiger partial charge is 0.231 e. The van der Waals surface area contributed by atoms with Gasteiger partial charge in [0, 0.05) is 18.0 Å². The summed E-state index contributed by atoms with van der Waals surface area (Å²) in [4.78, 5) is 14.8. The standard InChI is InChI=1S/C26H36ClNO2/c1-18(2)28(19(3)4)15-14-22(21-10-8-7-9-11-21)23-16-20(17-29)12-13-24(23)26(5,6)25(27)30/h7-13,16,18-19,22,29H,14-15,17H2,1-6H3/t22-/m1/s1. The fourth-order valence-electron chi connectivity index (χ4n) is 4.25. The molecule has 0 aliphatic carbocycles. The Bertz CT molecular complexity index is 822. The van der Waals surface area contributed by atoms with E-state index in [1.165, 1.54) is 5.56 Å². The first-order chi connectivity index (χ1) is 14.1. The molecule has 0 aliphatic rings. The number of hydrogen-bond acceptors (Lipinski definition) is 3. The van der Waals surface area contributed by atoms with E-state index in [1.807, 2.05) is 38.1 Å². The molecular formula is C26H36ClNO2. The summed E-state index contributed by atoms with van der Waals surface area (Å²) < 4.78 is 0. The van der Waals surface area contributed by atoms with Crippen LogP contribution in [0.2, 0.25) is 0 Å². The van der Waals surface area contributed by atoms with Crippen molar-refractivity contribution in [2.75, 3.05) is 6.54 Å². The Morgan fingerprint density at radius 3 is 2.13 bits per heavy atom. The second kappa shape index (κ2) is 10.6. The summed E-state index contributed by atoms with van der Waals surface area (Å²) in [6, 6.07) is 17.2. The first kappa shape index (κ1) is 24.6. The van der Waals surface area contributed by atoms with Gasteiger partial charge in [0.1, 0.15) is 0 Å². The van der Waals surface area contributed by atoms with Crippen LogP contribution in [-0.4, -0.2) is 33.9 Å². The van der Waals surface area contributed by atoms with Crippen LogP contribution < -0.4 is 0 Å². The number of hydrogen-bond donors (Lipinski definition) is 1. The first-order valence-corrected chi connectivity index (χ1v) is 11.2. The van der Waals surface area contributed by atoms with E-state index in [9.17, 15) is 9.90 Å². The van der Waals surface area contributed by atoms with Crippen molar-refractivity contribution in [3.05, 3.63) is 70.8 Å². The molecule has 0 fully saturated rings. The van der Waals surface area contributed by atoms with Crippen molar-refractivity contribution in [3.8, 4) is 0 Å². The molecule has 0 bridgehead atoms. The summed E-state index contributed by atoms with van der Waals surface area (Å²) in [5, 5.41) is 9.40. The minimum Gasteiger partial charge on any atom is -0.392 e. The molecule has 0 spiro atoms. The molecule has 2 rings (SSSR count). The van der Waals surface area contributed by atoms with E-state index < -0.39 is 5.41 Å². The van der Waals surface area contributed by atoms with Crippen molar-refractivity contribution in [3.63, 3.8) is 0 Å². The normalized spacial score (nSPS) is 13.3. The zero-order chi connectivity index (χ0) is 22.5. The van der Waals surface area contributed by atoms with Crippen LogP contribution >= 0.6 is 11.6 Å². The fourth-order valence-corrected chi connectivity index (χ4v) is 4.35. The van der Waals surface area contributed by atoms with Crippen molar-refractivity contribution >= 4 is 16.8 Å². The molecule has 1 N–H and O–H groups in total. The van der Waals surface area contributed by atoms with E-state index >= 15 is 0 Å². The molecule has 1 atom stereocenters. The van der Waals surface area contributed by atoms with Gasteiger partial charge in [-0.3, -0.25) is 9.69 Å². The zero-order valence-corrected chi connectivity index (χ0v) is 19.9. The van der Waals surface area contributed by atoms with Crippen LogP contribution in [0.25, 0.3) is 0 Å². The summed E-state index contributed by atoms with van der Waals surface area (Å²) >= 11 is 6.01. The number of aliphatic hydroxyl groups is 1. The van der Waals surface area contributed by atoms with E-state index in [1.54, 1.807) is 0 Å². The Labute approximate surface area is 187 Å². The second-order valence-electron chi connectivity index (χ2n) is 9.16. The van der Waals surface area contributed by atoms with Crippen molar-refractivity contribution in [2.45, 2.75) is 78.0 Å². The molecule has 0 aromatic heterocycles. The lowest BCUT2D eigenvalue weighted by molar-refractivity contribution is -0.115. The van der Waals surface area contributed by atoms with E-state index in [0.29, 0.717) is 12.1 Å². The molecule has 0 saturated carbocycles. The number of carbonyl (C=O) groups excluding carboxylic acids is 1. The monoisotopic (exact) mass is 429 g/mol. The molecule has 30 heavy (non-hydrogen) atoms. The predicted octanol–water partition coefficient (Wildman–Crippen LogP) is 5.86. The van der Waals surface area contributed by atoms with Gasteiger partial charge in [0.25, 0.3) is 0 Å². The Balaban J connectivity index is 2.59. The highest BCUT2D eigenvalue weighted by atomic mass is 35.5. The van der Waals surface area contributed by atoms with Crippen LogP contribution in [0.1, 0.15) is 76.1 Å². The van der Waals surface area contributed by atoms with E-state index in [0.717, 1.165) is 29.7 Å². The summed E-state index contributed by atoms with van der Waals surface area (Å²) in [5.41, 5.74) is 3.23. The second-order valence-corrected chi connectivity index (χ2v) is 9.50. The van der Waals surface area contributed by atoms with Crippen LogP contribution in [-0.2, 0) is 16.8 Å². The summed E-state index contributed by atoms with van der Waals surface area (Å²) in [5.74, 6) is 0.1000. The molecule has 0 aliphatic heterocycles. The molecule has 164 valence electrons. The fraction of sp³-hybridized carbons (Fsp3) is 0.500. The molecule has 0 unspecified atom stereocenters.